The number of aliphatic hydroxyl groups excluding tert-OH is 8. The van der Waals surface area contributed by atoms with Gasteiger partial charge in [0.2, 0.25) is 0 Å². The van der Waals surface area contributed by atoms with E-state index in [4.69, 9.17) is 28.4 Å². The third-order valence-corrected chi connectivity index (χ3v) is 8.33. The molecule has 3 heterocycles. The summed E-state index contributed by atoms with van der Waals surface area (Å²) in [6, 6.07) is 0. The molecule has 0 saturated carbocycles. The van der Waals surface area contributed by atoms with E-state index in [-0.39, 0.29) is 6.10 Å². The van der Waals surface area contributed by atoms with Gasteiger partial charge in [-0.2, -0.15) is 0 Å². The van der Waals surface area contributed by atoms with Gasteiger partial charge < -0.3 is 4.74 Å². The van der Waals surface area contributed by atoms with Crippen molar-refractivity contribution < 1.29 is 88.5 Å². The monoisotopic (exact) mass is 714 g/mol. The standard InChI is InChI=1S/C22H39O14.Re/c1-4-10-14(26)9(25)5-13(32-10)35-19-11(6-23)34-22(18(30)15(19)27)36-20-12(7-24)33-21(31-8(2)3)17(29)16(20)28;/h5,8-30H,4,6-7H2,1-3H3;. The van der Waals surface area contributed by atoms with Crippen LogP contribution in [0.25, 0.3) is 0 Å². The second-order valence-electron chi connectivity index (χ2n) is 9.68. The molecule has 15 heteroatoms. The summed E-state index contributed by atoms with van der Waals surface area (Å²) in [6.45, 7) is 3.87. The quantitative estimate of drug-likeness (QED) is 0.115. The van der Waals surface area contributed by atoms with Gasteiger partial charge in [-0.3, -0.25) is 0 Å². The molecule has 3 aliphatic rings. The Kier molecular flexibility index (Phi) is 11.7. The molecular weight excluding hydrogens is 674 g/mol. The Labute approximate surface area is 225 Å². The van der Waals surface area contributed by atoms with Gasteiger partial charge in [-0.25, -0.2) is 0 Å². The Bertz CT molecular complexity index is 698. The fourth-order valence-corrected chi connectivity index (χ4v) is 5.55. The van der Waals surface area contributed by atoms with Gasteiger partial charge in [-0.1, -0.05) is 0 Å². The molecule has 0 bridgehead atoms. The molecule has 0 amide bonds. The zero-order chi connectivity index (χ0) is 27.6. The number of hydrogen-bond acceptors (Lipinski definition) is 14. The number of rotatable bonds is 9. The van der Waals surface area contributed by atoms with Gasteiger partial charge in [0.05, 0.1) is 6.10 Å². The van der Waals surface area contributed by atoms with E-state index >= 15 is 0 Å². The van der Waals surface area contributed by atoms with Crippen LogP contribution in [0.4, 0.5) is 0 Å². The van der Waals surface area contributed by atoms with E-state index in [9.17, 15) is 40.9 Å². The van der Waals surface area contributed by atoms with Crippen LogP contribution in [0.5, 0.6) is 0 Å². The summed E-state index contributed by atoms with van der Waals surface area (Å²) < 4.78 is 33.2. The Morgan fingerprint density at radius 3 is 1.59 bits per heavy atom. The van der Waals surface area contributed by atoms with Gasteiger partial charge in [-0.05, 0) is 13.8 Å². The first-order valence-corrected chi connectivity index (χ1v) is 13.9. The van der Waals surface area contributed by atoms with Crippen molar-refractivity contribution in [1.82, 2.24) is 0 Å². The van der Waals surface area contributed by atoms with Crippen LogP contribution in [-0.4, -0.2) is 146 Å². The zero-order valence-corrected chi connectivity index (χ0v) is 23.5. The van der Waals surface area contributed by atoms with Crippen molar-refractivity contribution in [2.45, 2.75) is 124 Å². The first-order chi connectivity index (χ1) is 17.4. The Hall–Kier alpha value is 0.102. The van der Waals surface area contributed by atoms with E-state index in [0.717, 1.165) is 19.2 Å². The van der Waals surface area contributed by atoms with Crippen molar-refractivity contribution in [3.63, 3.8) is 0 Å². The van der Waals surface area contributed by atoms with Crippen LogP contribution in [0.3, 0.4) is 0 Å². The van der Waals surface area contributed by atoms with Crippen LogP contribution >= 0.6 is 0 Å². The van der Waals surface area contributed by atoms with Crippen LogP contribution in [-0.2, 0) is 47.6 Å². The fraction of sp³-hybridized carbons (Fsp3) is 1.00. The molecule has 218 valence electrons. The normalized spacial score (nSPS) is 49.4. The minimum atomic E-state index is -1.75. The Morgan fingerprint density at radius 1 is 0.649 bits per heavy atom. The summed E-state index contributed by atoms with van der Waals surface area (Å²) in [4.78, 5) is 0. The molecular formula is C22H39O14Re. The van der Waals surface area contributed by atoms with Crippen molar-refractivity contribution in [3.05, 3.63) is 0 Å². The number of aliphatic hydroxyl groups is 8. The molecule has 15 atom stereocenters. The summed E-state index contributed by atoms with van der Waals surface area (Å²) in [6.07, 6.45) is -18.5. The third kappa shape index (κ3) is 6.88. The molecule has 3 aliphatic heterocycles. The van der Waals surface area contributed by atoms with Gasteiger partial charge in [0.15, 0.2) is 0 Å². The predicted octanol–water partition coefficient (Wildman–Crippen LogP) is -3.75. The van der Waals surface area contributed by atoms with Crippen LogP contribution in [0.1, 0.15) is 27.2 Å². The summed E-state index contributed by atoms with van der Waals surface area (Å²) in [5.74, 6) is 0. The molecule has 3 fully saturated rings. The molecule has 3 saturated heterocycles. The fourth-order valence-electron chi connectivity index (χ4n) is 4.59. The molecule has 0 aliphatic carbocycles. The van der Waals surface area contributed by atoms with E-state index in [1.54, 1.807) is 20.8 Å². The molecule has 0 aromatic heterocycles. The molecule has 37 heavy (non-hydrogen) atoms. The van der Waals surface area contributed by atoms with Gasteiger partial charge in [-0.15, -0.1) is 0 Å². The van der Waals surface area contributed by atoms with Crippen molar-refractivity contribution in [3.8, 4) is 0 Å². The van der Waals surface area contributed by atoms with E-state index in [0.29, 0.717) is 6.42 Å². The van der Waals surface area contributed by atoms with Crippen molar-refractivity contribution >= 4 is 0 Å². The second-order valence-corrected chi connectivity index (χ2v) is 11.5. The molecule has 0 radical (unpaired) electrons. The van der Waals surface area contributed by atoms with E-state index in [1.807, 2.05) is 0 Å². The van der Waals surface area contributed by atoms with Gasteiger partial charge >= 0.3 is 201 Å². The van der Waals surface area contributed by atoms with Crippen molar-refractivity contribution in [2.24, 2.45) is 0 Å². The average molecular weight is 714 g/mol. The van der Waals surface area contributed by atoms with Crippen LogP contribution in [0.2, 0.25) is 4.39 Å². The molecule has 0 aromatic carbocycles. The van der Waals surface area contributed by atoms with Crippen molar-refractivity contribution in [2.75, 3.05) is 13.2 Å². The number of hydrogen-bond donors (Lipinski definition) is 8. The Balaban J connectivity index is 1.71. The Morgan fingerprint density at radius 2 is 1.11 bits per heavy atom. The first-order valence-electron chi connectivity index (χ1n) is 12.3. The van der Waals surface area contributed by atoms with Crippen molar-refractivity contribution in [1.29, 1.82) is 0 Å². The zero-order valence-electron chi connectivity index (χ0n) is 20.8. The molecule has 14 nitrogen and oxygen atoms in total. The maximum atomic E-state index is 10.9. The molecule has 15 unspecified atom stereocenters. The molecule has 3 rings (SSSR count). The van der Waals surface area contributed by atoms with Gasteiger partial charge in [0.25, 0.3) is 0 Å². The van der Waals surface area contributed by atoms with E-state index in [2.05, 4.69) is 0 Å². The van der Waals surface area contributed by atoms with Crippen LogP contribution < -0.4 is 0 Å². The minimum absolute atomic E-state index is 0.349. The summed E-state index contributed by atoms with van der Waals surface area (Å²) in [5, 5.41) is 83.0. The summed E-state index contributed by atoms with van der Waals surface area (Å²) in [5.41, 5.74) is 0. The first kappa shape index (κ1) is 31.6. The van der Waals surface area contributed by atoms with Crippen LogP contribution in [0, 0.1) is 0 Å². The summed E-state index contributed by atoms with van der Waals surface area (Å²) in [7, 11) is 0. The second kappa shape index (κ2) is 13.6. The third-order valence-electron chi connectivity index (χ3n) is 6.66. The molecule has 8 N–H and O–H groups in total. The SMILES string of the molecule is CCC1OC(OC2C(CO)OC(OC3C(CO)OC(OC(C)C)C(O)C3O)C(O)C2O)[CH]([Re])C(O)C1O. The molecule has 0 aromatic rings. The van der Waals surface area contributed by atoms with Gasteiger partial charge in [0, 0.05) is 0 Å². The summed E-state index contributed by atoms with van der Waals surface area (Å²) >= 11 is 1.10. The number of ether oxygens (including phenoxy) is 6. The van der Waals surface area contributed by atoms with Crippen LogP contribution in [0.15, 0.2) is 0 Å². The topological polar surface area (TPSA) is 217 Å². The average Bonchev–Trinajstić information content (AvgIpc) is 2.87. The van der Waals surface area contributed by atoms with Gasteiger partial charge in [0.1, 0.15) is 0 Å². The maximum absolute atomic E-state index is 10.9. The predicted molar refractivity (Wildman–Crippen MR) is 116 cm³/mol. The molecule has 0 spiro atoms. The van der Waals surface area contributed by atoms with E-state index < -0.39 is 104 Å². The van der Waals surface area contributed by atoms with E-state index in [1.165, 1.54) is 0 Å².